The van der Waals surface area contributed by atoms with Crippen LogP contribution < -0.4 is 4.74 Å². The van der Waals surface area contributed by atoms with Crippen molar-refractivity contribution in [2.24, 2.45) is 5.92 Å². The Labute approximate surface area is 158 Å². The topological polar surface area (TPSA) is 9.23 Å². The van der Waals surface area contributed by atoms with Crippen molar-refractivity contribution in [3.8, 4) is 5.75 Å². The number of ether oxygens (including phenoxy) is 1. The molecule has 0 N–H and O–H groups in total. The number of hydrogen-bond acceptors (Lipinski definition) is 1. The van der Waals surface area contributed by atoms with Crippen LogP contribution in [0, 0.1) is 5.92 Å². The maximum Gasteiger partial charge on any atom is 0.135 e. The molecule has 0 saturated heterocycles. The van der Waals surface area contributed by atoms with Gasteiger partial charge in [-0.3, -0.25) is 0 Å². The van der Waals surface area contributed by atoms with Crippen LogP contribution in [0.15, 0.2) is 48.1 Å². The Morgan fingerprint density at radius 3 is 2.42 bits per heavy atom. The number of benzene rings is 2. The van der Waals surface area contributed by atoms with Crippen molar-refractivity contribution in [2.45, 2.75) is 47.5 Å². The van der Waals surface area contributed by atoms with Crippen molar-refractivity contribution >= 4 is 22.4 Å². The molecule has 1 atom stereocenters. The molecule has 0 spiro atoms. The Morgan fingerprint density at radius 1 is 0.923 bits per heavy atom. The lowest BCUT2D eigenvalue weighted by Gasteiger charge is -2.22. The molecule has 26 heavy (non-hydrogen) atoms. The monoisotopic (exact) mass is 346 g/mol. The van der Waals surface area contributed by atoms with Crippen LogP contribution in [0.1, 0.15) is 57.7 Å². The average molecular weight is 347 g/mol. The maximum absolute atomic E-state index is 6.02. The third kappa shape index (κ3) is 2.80. The van der Waals surface area contributed by atoms with Crippen LogP contribution in [-0.2, 0) is 6.42 Å². The summed E-state index contributed by atoms with van der Waals surface area (Å²) in [6.07, 6.45) is 11.3. The fourth-order valence-corrected chi connectivity index (χ4v) is 4.29. The van der Waals surface area contributed by atoms with Gasteiger partial charge >= 0.3 is 0 Å². The minimum absolute atomic E-state index is 0.608. The van der Waals surface area contributed by atoms with Gasteiger partial charge in [0, 0.05) is 10.9 Å². The summed E-state index contributed by atoms with van der Waals surface area (Å²) in [7, 11) is 0. The van der Waals surface area contributed by atoms with Gasteiger partial charge in [0.05, 0.1) is 0 Å². The number of hydrogen-bond donors (Lipinski definition) is 0. The van der Waals surface area contributed by atoms with Gasteiger partial charge in [0.25, 0.3) is 0 Å². The second-order valence-corrected chi connectivity index (χ2v) is 6.51. The van der Waals surface area contributed by atoms with E-state index < -0.39 is 0 Å². The maximum atomic E-state index is 6.02. The van der Waals surface area contributed by atoms with Crippen molar-refractivity contribution < 1.29 is 4.74 Å². The first kappa shape index (κ1) is 18.5. The highest BCUT2D eigenvalue weighted by atomic mass is 16.5. The highest BCUT2D eigenvalue weighted by Gasteiger charge is 2.31. The van der Waals surface area contributed by atoms with E-state index in [0.29, 0.717) is 12.5 Å². The molecule has 0 aromatic heterocycles. The van der Waals surface area contributed by atoms with Crippen molar-refractivity contribution in [3.05, 3.63) is 64.8 Å². The fraction of sp³-hybridized carbons (Fsp3) is 0.360. The molecule has 0 bridgehead atoms. The van der Waals surface area contributed by atoms with Crippen molar-refractivity contribution in [1.29, 1.82) is 0 Å². The smallest absolute Gasteiger partial charge is 0.135 e. The van der Waals surface area contributed by atoms with E-state index in [9.17, 15) is 0 Å². The van der Waals surface area contributed by atoms with Gasteiger partial charge < -0.3 is 4.74 Å². The van der Waals surface area contributed by atoms with Crippen molar-refractivity contribution in [1.82, 2.24) is 0 Å². The molecule has 136 valence electrons. The molecule has 1 heterocycles. The average Bonchev–Trinajstić information content (AvgIpc) is 3.13. The van der Waals surface area contributed by atoms with E-state index in [1.807, 2.05) is 27.7 Å². The minimum atomic E-state index is 0.608. The summed E-state index contributed by atoms with van der Waals surface area (Å²) in [5, 5.41) is 2.62. The van der Waals surface area contributed by atoms with Crippen LogP contribution in [0.25, 0.3) is 22.4 Å². The first-order valence-corrected chi connectivity index (χ1v) is 10.1. The van der Waals surface area contributed by atoms with Crippen molar-refractivity contribution in [3.63, 3.8) is 0 Å². The Bertz CT molecular complexity index is 896. The molecule has 0 radical (unpaired) electrons. The molecule has 5 rings (SSSR count). The summed E-state index contributed by atoms with van der Waals surface area (Å²) in [6, 6.07) is 8.73. The third-order valence-electron chi connectivity index (χ3n) is 5.20. The summed E-state index contributed by atoms with van der Waals surface area (Å²) in [4.78, 5) is 0. The summed E-state index contributed by atoms with van der Waals surface area (Å²) >= 11 is 0. The molecule has 1 heteroatoms. The van der Waals surface area contributed by atoms with Crippen molar-refractivity contribution in [2.75, 3.05) is 6.61 Å². The zero-order valence-electron chi connectivity index (χ0n) is 16.7. The Balaban J connectivity index is 0.000000461. The Morgan fingerprint density at radius 2 is 1.65 bits per heavy atom. The zero-order valence-corrected chi connectivity index (χ0v) is 16.7. The third-order valence-corrected chi connectivity index (χ3v) is 5.20. The number of rotatable bonds is 0. The largest absolute Gasteiger partial charge is 0.488 e. The number of fused-ring (bicyclic) bond motifs is 7. The predicted molar refractivity (Wildman–Crippen MR) is 115 cm³/mol. The minimum Gasteiger partial charge on any atom is -0.488 e. The molecule has 2 aromatic rings. The van der Waals surface area contributed by atoms with Gasteiger partial charge in [0.15, 0.2) is 0 Å². The molecule has 2 aromatic carbocycles. The predicted octanol–water partition coefficient (Wildman–Crippen LogP) is 7.20. The molecule has 1 aliphatic heterocycles. The lowest BCUT2D eigenvalue weighted by molar-refractivity contribution is 0.362. The molecule has 0 saturated carbocycles. The standard InChI is InChI=1S/C21H18O.2C2H6/c1-13-6-4-7-14-12-18-17-10-5-11-22-21(17)16-9-3-2-8-15(16)20(18)19(13)14;2*1-2/h2-5,7-10,13H,6,11-12H2,1H3;2*1-2H3. The van der Waals surface area contributed by atoms with Crippen LogP contribution in [0.5, 0.6) is 5.75 Å². The molecule has 2 aliphatic carbocycles. The second-order valence-electron chi connectivity index (χ2n) is 6.51. The van der Waals surface area contributed by atoms with Gasteiger partial charge in [-0.05, 0) is 52.5 Å². The van der Waals surface area contributed by atoms with E-state index in [4.69, 9.17) is 4.74 Å². The van der Waals surface area contributed by atoms with Gasteiger partial charge in [-0.15, -0.1) is 0 Å². The van der Waals surface area contributed by atoms with Gasteiger partial charge in [-0.2, -0.15) is 0 Å². The van der Waals surface area contributed by atoms with E-state index in [1.54, 1.807) is 5.57 Å². The van der Waals surface area contributed by atoms with Crippen LogP contribution in [0.3, 0.4) is 0 Å². The Hall–Kier alpha value is -2.28. The van der Waals surface area contributed by atoms with Crippen LogP contribution in [0.4, 0.5) is 0 Å². The first-order valence-electron chi connectivity index (χ1n) is 10.1. The Kier molecular flexibility index (Phi) is 5.66. The van der Waals surface area contributed by atoms with Crippen LogP contribution in [-0.4, -0.2) is 6.61 Å². The van der Waals surface area contributed by atoms with E-state index >= 15 is 0 Å². The molecular formula is C25H30O. The molecule has 0 fully saturated rings. The van der Waals surface area contributed by atoms with Gasteiger partial charge in [-0.25, -0.2) is 0 Å². The molecule has 3 aliphatic rings. The summed E-state index contributed by atoms with van der Waals surface area (Å²) < 4.78 is 6.02. The highest BCUT2D eigenvalue weighted by Crippen LogP contribution is 2.50. The summed E-state index contributed by atoms with van der Waals surface area (Å²) in [5.41, 5.74) is 7.32. The SMILES string of the molecule is CC.CC.CC1CC=CC2=C1c1c(c3c(c4ccccc14)OCC=C3)C2. The van der Waals surface area contributed by atoms with Gasteiger partial charge in [0.1, 0.15) is 12.4 Å². The summed E-state index contributed by atoms with van der Waals surface area (Å²) in [5.74, 6) is 1.68. The van der Waals surface area contributed by atoms with Gasteiger partial charge in [-0.1, -0.05) is 77.1 Å². The number of allylic oxidation sites excluding steroid dienone is 4. The lowest BCUT2D eigenvalue weighted by Crippen LogP contribution is -2.06. The highest BCUT2D eigenvalue weighted by molar-refractivity contribution is 6.05. The molecule has 1 unspecified atom stereocenters. The lowest BCUT2D eigenvalue weighted by atomic mass is 9.84. The van der Waals surface area contributed by atoms with Crippen LogP contribution >= 0.6 is 0 Å². The molecule has 1 nitrogen and oxygen atoms in total. The fourth-order valence-electron chi connectivity index (χ4n) is 4.29. The second kappa shape index (κ2) is 7.95. The van der Waals surface area contributed by atoms with E-state index in [0.717, 1.165) is 18.6 Å². The zero-order chi connectivity index (χ0) is 18.7. The quantitative estimate of drug-likeness (QED) is 0.490. The van der Waals surface area contributed by atoms with E-state index in [2.05, 4.69) is 55.5 Å². The molecular weight excluding hydrogens is 316 g/mol. The normalized spacial score (nSPS) is 18.7. The van der Waals surface area contributed by atoms with E-state index in [-0.39, 0.29) is 0 Å². The first-order chi connectivity index (χ1) is 12.8. The summed E-state index contributed by atoms with van der Waals surface area (Å²) in [6.45, 7) is 11.0. The van der Waals surface area contributed by atoms with Gasteiger partial charge in [0.2, 0.25) is 0 Å². The van der Waals surface area contributed by atoms with Crippen LogP contribution in [0.2, 0.25) is 0 Å². The molecule has 0 amide bonds. The van der Waals surface area contributed by atoms with E-state index in [1.165, 1.54) is 33.0 Å².